The molecule has 1 heterocycles. The number of benzene rings is 2. The van der Waals surface area contributed by atoms with Crippen LogP contribution >= 0.6 is 0 Å². The number of ether oxygens (including phenoxy) is 2. The molecular weight excluding hydrogens is 614 g/mol. The normalized spacial score (nSPS) is 14.3. The van der Waals surface area contributed by atoms with Crippen molar-refractivity contribution < 1.29 is 45.0 Å². The molecule has 2 aromatic carbocycles. The molecule has 0 bridgehead atoms. The Morgan fingerprint density at radius 2 is 1.50 bits per heavy atom. The quantitative estimate of drug-likeness (QED) is 0.0840. The SMILES string of the molecule is CCCCCc1ccc(-c2cc3ccc(OCC(C)(COC(=O)C(C)(C)CC(C)(C)C)C(F)(F)F)cc3oc2=O)c(C(F)(F)F)c1. The second kappa shape index (κ2) is 13.7. The van der Waals surface area contributed by atoms with E-state index in [1.165, 1.54) is 30.3 Å². The average Bonchev–Trinajstić information content (AvgIpc) is 2.92. The molecule has 0 aliphatic heterocycles. The molecule has 1 atom stereocenters. The van der Waals surface area contributed by atoms with Crippen molar-refractivity contribution in [3.8, 4) is 16.9 Å². The number of alkyl halides is 6. The predicted octanol–water partition coefficient (Wildman–Crippen LogP) is 10.2. The maximum atomic E-state index is 14.1. The highest BCUT2D eigenvalue weighted by Gasteiger charge is 2.53. The van der Waals surface area contributed by atoms with Gasteiger partial charge in [0, 0.05) is 17.0 Å². The molecule has 3 rings (SSSR count). The fourth-order valence-corrected chi connectivity index (χ4v) is 5.43. The van der Waals surface area contributed by atoms with Crippen molar-refractivity contribution in [2.24, 2.45) is 16.2 Å². The third-order valence-electron chi connectivity index (χ3n) is 7.74. The molecule has 0 radical (unpaired) electrons. The topological polar surface area (TPSA) is 65.7 Å². The predicted molar refractivity (Wildman–Crippen MR) is 165 cm³/mol. The van der Waals surface area contributed by atoms with Gasteiger partial charge in [-0.05, 0) is 75.3 Å². The van der Waals surface area contributed by atoms with E-state index >= 15 is 0 Å². The number of fused-ring (bicyclic) bond motifs is 1. The maximum Gasteiger partial charge on any atom is 0.417 e. The summed E-state index contributed by atoms with van der Waals surface area (Å²) in [7, 11) is 0. The van der Waals surface area contributed by atoms with Crippen LogP contribution in [-0.4, -0.2) is 25.4 Å². The van der Waals surface area contributed by atoms with Crippen LogP contribution in [0, 0.1) is 16.2 Å². The molecule has 1 unspecified atom stereocenters. The third-order valence-corrected chi connectivity index (χ3v) is 7.74. The summed E-state index contributed by atoms with van der Waals surface area (Å²) < 4.78 is 100. The van der Waals surface area contributed by atoms with E-state index < -0.39 is 53.6 Å². The molecule has 0 N–H and O–H groups in total. The number of rotatable bonds is 12. The van der Waals surface area contributed by atoms with E-state index in [4.69, 9.17) is 13.9 Å². The number of hydrogen-bond acceptors (Lipinski definition) is 5. The van der Waals surface area contributed by atoms with Crippen LogP contribution in [0.25, 0.3) is 22.1 Å². The fourth-order valence-electron chi connectivity index (χ4n) is 5.43. The largest absolute Gasteiger partial charge is 0.492 e. The monoisotopic (exact) mass is 656 g/mol. The lowest BCUT2D eigenvalue weighted by Gasteiger charge is -2.34. The molecule has 0 aliphatic carbocycles. The highest BCUT2D eigenvalue weighted by Crippen LogP contribution is 2.41. The van der Waals surface area contributed by atoms with Crippen molar-refractivity contribution in [2.75, 3.05) is 13.2 Å². The molecule has 46 heavy (non-hydrogen) atoms. The van der Waals surface area contributed by atoms with E-state index in [0.717, 1.165) is 32.3 Å². The van der Waals surface area contributed by atoms with Gasteiger partial charge in [-0.3, -0.25) is 4.79 Å². The van der Waals surface area contributed by atoms with Crippen LogP contribution in [0.5, 0.6) is 5.75 Å². The third kappa shape index (κ3) is 9.28. The molecule has 254 valence electrons. The Labute approximate surface area is 265 Å². The van der Waals surface area contributed by atoms with Crippen molar-refractivity contribution >= 4 is 16.9 Å². The summed E-state index contributed by atoms with van der Waals surface area (Å²) in [6.07, 6.45) is -6.14. The Bertz CT molecular complexity index is 1580. The van der Waals surface area contributed by atoms with Crippen molar-refractivity contribution in [3.63, 3.8) is 0 Å². The van der Waals surface area contributed by atoms with Gasteiger partial charge >= 0.3 is 23.9 Å². The minimum atomic E-state index is -4.80. The summed E-state index contributed by atoms with van der Waals surface area (Å²) in [6, 6.07) is 9.01. The highest BCUT2D eigenvalue weighted by molar-refractivity contribution is 5.83. The zero-order chi connectivity index (χ0) is 34.7. The lowest BCUT2D eigenvalue weighted by Crippen LogP contribution is -2.46. The molecule has 5 nitrogen and oxygen atoms in total. The first-order valence-electron chi connectivity index (χ1n) is 15.2. The van der Waals surface area contributed by atoms with Gasteiger partial charge in [0.2, 0.25) is 0 Å². The minimum absolute atomic E-state index is 0.0781. The number of carbonyl (C=O) groups is 1. The zero-order valence-electron chi connectivity index (χ0n) is 27.3. The molecule has 0 saturated heterocycles. The first-order chi connectivity index (χ1) is 21.1. The standard InChI is InChI=1S/C35H42F6O5/c1-8-9-10-11-22-12-15-25(27(16-22)34(36,37)38)26-17-23-13-14-24(18-28(23)46-29(26)42)44-20-33(7,35(39,40)41)21-45-30(43)32(5,6)19-31(2,3)4/h12-18H,8-11,19-21H2,1-7H3. The van der Waals surface area contributed by atoms with Crippen molar-refractivity contribution in [1.82, 2.24) is 0 Å². The molecular formula is C35H42F6O5. The summed E-state index contributed by atoms with van der Waals surface area (Å²) in [6.45, 7) is 9.93. The van der Waals surface area contributed by atoms with Crippen LogP contribution in [0.15, 0.2) is 51.7 Å². The van der Waals surface area contributed by atoms with Gasteiger partial charge in [0.15, 0.2) is 0 Å². The van der Waals surface area contributed by atoms with Crippen molar-refractivity contribution in [1.29, 1.82) is 0 Å². The van der Waals surface area contributed by atoms with E-state index in [0.29, 0.717) is 18.4 Å². The summed E-state index contributed by atoms with van der Waals surface area (Å²) in [5.41, 5.74) is -6.05. The van der Waals surface area contributed by atoms with Gasteiger partial charge in [-0.25, -0.2) is 4.79 Å². The van der Waals surface area contributed by atoms with E-state index in [9.17, 15) is 35.9 Å². The lowest BCUT2D eigenvalue weighted by atomic mass is 9.76. The summed E-state index contributed by atoms with van der Waals surface area (Å²) in [4.78, 5) is 25.6. The van der Waals surface area contributed by atoms with E-state index in [2.05, 4.69) is 0 Å². The van der Waals surface area contributed by atoms with Crippen LogP contribution in [0.4, 0.5) is 26.3 Å². The van der Waals surface area contributed by atoms with E-state index in [1.54, 1.807) is 19.9 Å². The molecule has 0 aliphatic rings. The van der Waals surface area contributed by atoms with Gasteiger partial charge in [-0.1, -0.05) is 52.7 Å². The highest BCUT2D eigenvalue weighted by atomic mass is 19.4. The van der Waals surface area contributed by atoms with Crippen molar-refractivity contribution in [3.05, 3.63) is 64.0 Å². The van der Waals surface area contributed by atoms with Gasteiger partial charge in [0.1, 0.15) is 30.0 Å². The van der Waals surface area contributed by atoms with Gasteiger partial charge in [0.25, 0.3) is 0 Å². The number of carbonyl (C=O) groups excluding carboxylic acids is 1. The molecule has 1 aromatic heterocycles. The second-order valence-corrected chi connectivity index (χ2v) is 14.0. The average molecular weight is 657 g/mol. The van der Waals surface area contributed by atoms with Crippen LogP contribution in [-0.2, 0) is 22.1 Å². The van der Waals surface area contributed by atoms with E-state index in [-0.39, 0.29) is 33.3 Å². The number of esters is 1. The fraction of sp³-hybridized carbons (Fsp3) is 0.543. The van der Waals surface area contributed by atoms with Gasteiger partial charge < -0.3 is 13.9 Å². The number of hydrogen-bond donors (Lipinski definition) is 0. The maximum absolute atomic E-state index is 14.1. The van der Waals surface area contributed by atoms with Crippen LogP contribution in [0.1, 0.15) is 85.3 Å². The zero-order valence-corrected chi connectivity index (χ0v) is 27.3. The van der Waals surface area contributed by atoms with Gasteiger partial charge in [0.05, 0.1) is 16.5 Å². The summed E-state index contributed by atoms with van der Waals surface area (Å²) in [5.74, 6) is -0.841. The Morgan fingerprint density at radius 3 is 2.09 bits per heavy atom. The Balaban J connectivity index is 1.85. The molecule has 11 heteroatoms. The van der Waals surface area contributed by atoms with Gasteiger partial charge in [-0.15, -0.1) is 0 Å². The van der Waals surface area contributed by atoms with Crippen LogP contribution in [0.2, 0.25) is 0 Å². The number of unbranched alkanes of at least 4 members (excludes halogenated alkanes) is 2. The number of halogens is 6. The molecule has 0 saturated carbocycles. The van der Waals surface area contributed by atoms with Gasteiger partial charge in [-0.2, -0.15) is 26.3 Å². The van der Waals surface area contributed by atoms with E-state index in [1.807, 2.05) is 27.7 Å². The number of aryl methyl sites for hydroxylation is 1. The summed E-state index contributed by atoms with van der Waals surface area (Å²) >= 11 is 0. The first-order valence-corrected chi connectivity index (χ1v) is 15.2. The Morgan fingerprint density at radius 1 is 0.826 bits per heavy atom. The second-order valence-electron chi connectivity index (χ2n) is 14.0. The lowest BCUT2D eigenvalue weighted by molar-refractivity contribution is -0.242. The Hall–Kier alpha value is -3.50. The molecule has 3 aromatic rings. The Kier molecular flexibility index (Phi) is 11.0. The summed E-state index contributed by atoms with van der Waals surface area (Å²) in [5, 5.41) is 0.246. The van der Waals surface area contributed by atoms with Crippen LogP contribution < -0.4 is 10.4 Å². The van der Waals surface area contributed by atoms with Crippen molar-refractivity contribution in [2.45, 2.75) is 92.9 Å². The minimum Gasteiger partial charge on any atom is -0.492 e. The molecule has 0 fully saturated rings. The molecule has 0 spiro atoms. The first kappa shape index (κ1) is 37.0. The van der Waals surface area contributed by atoms with Crippen LogP contribution in [0.3, 0.4) is 0 Å². The molecule has 0 amide bonds. The smallest absolute Gasteiger partial charge is 0.417 e.